The molecule has 1 unspecified atom stereocenters. The van der Waals surface area contributed by atoms with Crippen LogP contribution in [0.1, 0.15) is 102 Å². The highest BCUT2D eigenvalue weighted by Crippen LogP contribution is 2.29. The number of unbranched alkanes of at least 4 members (excludes halogenated alkanes) is 12. The zero-order chi connectivity index (χ0) is 29.6. The second-order valence-electron chi connectivity index (χ2n) is 11.2. The van der Waals surface area contributed by atoms with Gasteiger partial charge < -0.3 is 29.2 Å². The number of hydrogen-bond acceptors (Lipinski definition) is 9. The molecule has 2 aromatic rings. The van der Waals surface area contributed by atoms with Gasteiger partial charge >= 0.3 is 5.63 Å². The molecule has 0 bridgehead atoms. The molecule has 1 aromatic heterocycles. The van der Waals surface area contributed by atoms with Crippen LogP contribution in [-0.4, -0.2) is 56.9 Å². The fourth-order valence-corrected chi connectivity index (χ4v) is 6.11. The van der Waals surface area contributed by atoms with E-state index in [1.54, 1.807) is 19.1 Å². The molecular weight excluding hydrogens is 544 g/mol. The molecule has 1 aliphatic rings. The van der Waals surface area contributed by atoms with E-state index in [2.05, 4.69) is 6.92 Å². The molecule has 1 aromatic carbocycles. The molecule has 0 aliphatic carbocycles. The van der Waals surface area contributed by atoms with Crippen LogP contribution < -0.4 is 10.4 Å². The van der Waals surface area contributed by atoms with Gasteiger partial charge in [-0.1, -0.05) is 95.7 Å². The quantitative estimate of drug-likeness (QED) is 0.140. The molecule has 3 N–H and O–H groups in total. The summed E-state index contributed by atoms with van der Waals surface area (Å²) in [6.45, 7) is 4.05. The fraction of sp³-hybridized carbons (Fsp3) is 0.688. The smallest absolute Gasteiger partial charge is 0.336 e. The number of aryl methyl sites for hydroxylation is 1. The van der Waals surface area contributed by atoms with E-state index in [4.69, 9.17) is 13.9 Å². The summed E-state index contributed by atoms with van der Waals surface area (Å²) in [5.74, 6) is 0.400. The van der Waals surface area contributed by atoms with Gasteiger partial charge in [0.15, 0.2) is 5.12 Å². The topological polar surface area (TPSA) is 126 Å². The van der Waals surface area contributed by atoms with Gasteiger partial charge in [0.2, 0.25) is 6.29 Å². The number of carbonyl (C=O) groups is 1. The lowest BCUT2D eigenvalue weighted by molar-refractivity contribution is -0.267. The maximum Gasteiger partial charge on any atom is 0.336 e. The Morgan fingerprint density at radius 3 is 2.10 bits per heavy atom. The van der Waals surface area contributed by atoms with Crippen LogP contribution in [0.5, 0.6) is 5.75 Å². The molecule has 0 radical (unpaired) electrons. The average molecular weight is 593 g/mol. The summed E-state index contributed by atoms with van der Waals surface area (Å²) in [6, 6.07) is 6.29. The fourth-order valence-electron chi connectivity index (χ4n) is 5.20. The summed E-state index contributed by atoms with van der Waals surface area (Å²) in [5.41, 5.74) is 0.598. The second-order valence-corrected chi connectivity index (χ2v) is 12.3. The van der Waals surface area contributed by atoms with Gasteiger partial charge in [-0.3, -0.25) is 4.79 Å². The van der Waals surface area contributed by atoms with Crippen LogP contribution in [0.15, 0.2) is 33.5 Å². The van der Waals surface area contributed by atoms with Crippen LogP contribution >= 0.6 is 11.8 Å². The predicted molar refractivity (Wildman–Crippen MR) is 162 cm³/mol. The van der Waals surface area contributed by atoms with Gasteiger partial charge in [0.25, 0.3) is 0 Å². The molecule has 41 heavy (non-hydrogen) atoms. The summed E-state index contributed by atoms with van der Waals surface area (Å²) in [7, 11) is 0. The molecule has 8 nitrogen and oxygen atoms in total. The minimum Gasteiger partial charge on any atom is -0.462 e. The predicted octanol–water partition coefficient (Wildman–Crippen LogP) is 6.03. The summed E-state index contributed by atoms with van der Waals surface area (Å²) in [6.07, 6.45) is 10.1. The maximum atomic E-state index is 12.4. The molecule has 3 rings (SSSR count). The normalized spacial score (nSPS) is 22.7. The number of carbonyl (C=O) groups excluding carboxylic acids is 1. The highest BCUT2D eigenvalue weighted by atomic mass is 32.2. The first kappa shape index (κ1) is 33.6. The molecule has 5 atom stereocenters. The summed E-state index contributed by atoms with van der Waals surface area (Å²) >= 11 is 1.07. The largest absolute Gasteiger partial charge is 0.462 e. The van der Waals surface area contributed by atoms with E-state index in [1.165, 1.54) is 76.3 Å². The zero-order valence-corrected chi connectivity index (χ0v) is 25.4. The van der Waals surface area contributed by atoms with E-state index in [0.29, 0.717) is 12.0 Å². The van der Waals surface area contributed by atoms with E-state index in [0.717, 1.165) is 42.0 Å². The van der Waals surface area contributed by atoms with Gasteiger partial charge in [-0.15, -0.1) is 0 Å². The molecule has 1 aliphatic heterocycles. The Morgan fingerprint density at radius 1 is 0.854 bits per heavy atom. The minimum atomic E-state index is -1.51. The Kier molecular flexibility index (Phi) is 14.7. The molecular formula is C32H48O8S. The molecule has 0 saturated carbocycles. The van der Waals surface area contributed by atoms with Gasteiger partial charge in [0.05, 0.1) is 6.10 Å². The number of fused-ring (bicyclic) bond motifs is 1. The third-order valence-corrected chi connectivity index (χ3v) is 8.76. The lowest BCUT2D eigenvalue weighted by atomic mass is 10.00. The third kappa shape index (κ3) is 11.0. The first-order valence-corrected chi connectivity index (χ1v) is 16.3. The standard InChI is InChI=1S/C32H48O8S/c1-3-4-5-6-7-8-9-10-11-12-13-14-15-16-28(34)41-21-26-29(35)30(36)31(37)32(40-26)38-23-17-18-24-22(2)19-27(33)39-25(24)20-23/h17-20,26,29-32,35-37H,3-16,21H2,1-2H3/t26?,29-,30+,31-,32-/m1/s1. The molecule has 1 fully saturated rings. The summed E-state index contributed by atoms with van der Waals surface area (Å²) in [4.78, 5) is 24.2. The first-order valence-electron chi connectivity index (χ1n) is 15.4. The number of benzene rings is 1. The summed E-state index contributed by atoms with van der Waals surface area (Å²) in [5, 5.41) is 32.0. The number of aliphatic hydroxyl groups is 3. The number of aliphatic hydroxyl groups excluding tert-OH is 3. The molecule has 230 valence electrons. The lowest BCUT2D eigenvalue weighted by Crippen LogP contribution is -2.59. The molecule has 2 heterocycles. The molecule has 1 saturated heterocycles. The van der Waals surface area contributed by atoms with E-state index in [1.807, 2.05) is 0 Å². The van der Waals surface area contributed by atoms with Crippen molar-refractivity contribution in [3.8, 4) is 5.75 Å². The van der Waals surface area contributed by atoms with Gasteiger partial charge in [0.1, 0.15) is 29.6 Å². The number of thioether (sulfide) groups is 1. The number of hydrogen-bond donors (Lipinski definition) is 3. The molecule has 0 amide bonds. The van der Waals surface area contributed by atoms with Crippen LogP contribution in [0.25, 0.3) is 11.0 Å². The van der Waals surface area contributed by atoms with Crippen LogP contribution in [0.4, 0.5) is 0 Å². The Labute approximate surface area is 247 Å². The van der Waals surface area contributed by atoms with Crippen molar-refractivity contribution >= 4 is 27.8 Å². The Balaban J connectivity index is 1.34. The summed E-state index contributed by atoms with van der Waals surface area (Å²) < 4.78 is 16.8. The van der Waals surface area contributed by atoms with E-state index in [-0.39, 0.29) is 16.6 Å². The SMILES string of the molecule is CCCCCCCCCCCCCCCC(=O)SCC1O[C@@H](Oc2ccc3c(C)cc(=O)oc3c2)[C@H](O)[C@@H](O)[C@@H]1O. The van der Waals surface area contributed by atoms with E-state index < -0.39 is 36.3 Å². The van der Waals surface area contributed by atoms with Gasteiger partial charge in [-0.2, -0.15) is 0 Å². The van der Waals surface area contributed by atoms with E-state index in [9.17, 15) is 24.9 Å². The van der Waals surface area contributed by atoms with Crippen molar-refractivity contribution in [1.29, 1.82) is 0 Å². The van der Waals surface area contributed by atoms with Crippen molar-refractivity contribution in [2.75, 3.05) is 5.75 Å². The van der Waals surface area contributed by atoms with Gasteiger partial charge in [-0.05, 0) is 31.0 Å². The van der Waals surface area contributed by atoms with Crippen LogP contribution in [0.2, 0.25) is 0 Å². The number of rotatable bonds is 18. The highest BCUT2D eigenvalue weighted by Gasteiger charge is 2.45. The van der Waals surface area contributed by atoms with Gasteiger partial charge in [0, 0.05) is 29.7 Å². The van der Waals surface area contributed by atoms with Crippen LogP contribution in [-0.2, 0) is 9.53 Å². The van der Waals surface area contributed by atoms with Crippen LogP contribution in [0, 0.1) is 6.92 Å². The van der Waals surface area contributed by atoms with Crippen molar-refractivity contribution < 1.29 is 34.0 Å². The maximum absolute atomic E-state index is 12.4. The number of ether oxygens (including phenoxy) is 2. The van der Waals surface area contributed by atoms with Crippen molar-refractivity contribution in [3.05, 3.63) is 40.2 Å². The molecule has 9 heteroatoms. The lowest BCUT2D eigenvalue weighted by Gasteiger charge is -2.40. The third-order valence-electron chi connectivity index (χ3n) is 7.74. The van der Waals surface area contributed by atoms with Crippen molar-refractivity contribution in [2.24, 2.45) is 0 Å². The van der Waals surface area contributed by atoms with E-state index >= 15 is 0 Å². The minimum absolute atomic E-state index is 0.0156. The monoisotopic (exact) mass is 592 g/mol. The highest BCUT2D eigenvalue weighted by molar-refractivity contribution is 8.13. The zero-order valence-electron chi connectivity index (χ0n) is 24.6. The Bertz CT molecular complexity index is 1120. The Hall–Kier alpha value is -1.91. The van der Waals surface area contributed by atoms with Crippen molar-refractivity contribution in [2.45, 2.75) is 134 Å². The first-order chi connectivity index (χ1) is 19.8. The second kappa shape index (κ2) is 17.9. The van der Waals surface area contributed by atoms with Crippen LogP contribution in [0.3, 0.4) is 0 Å². The average Bonchev–Trinajstić information content (AvgIpc) is 2.94. The molecule has 0 spiro atoms. The Morgan fingerprint density at radius 2 is 1.46 bits per heavy atom. The van der Waals surface area contributed by atoms with Gasteiger partial charge in [-0.25, -0.2) is 4.79 Å². The van der Waals surface area contributed by atoms with Crippen molar-refractivity contribution in [3.63, 3.8) is 0 Å². The van der Waals surface area contributed by atoms with Crippen molar-refractivity contribution in [1.82, 2.24) is 0 Å².